The van der Waals surface area contributed by atoms with E-state index in [2.05, 4.69) is 4.98 Å². The molecule has 0 radical (unpaired) electrons. The molecule has 6 nitrogen and oxygen atoms in total. The third kappa shape index (κ3) is 3.71. The molecule has 1 aliphatic heterocycles. The number of carbonyl (C=O) groups is 2. The third-order valence-electron chi connectivity index (χ3n) is 5.40. The van der Waals surface area contributed by atoms with Gasteiger partial charge in [-0.2, -0.15) is 0 Å². The zero-order valence-corrected chi connectivity index (χ0v) is 16.5. The Kier molecular flexibility index (Phi) is 4.80. The van der Waals surface area contributed by atoms with Crippen LogP contribution in [-0.4, -0.2) is 22.8 Å². The van der Waals surface area contributed by atoms with Crippen LogP contribution in [0.4, 0.5) is 10.1 Å². The number of aromatic nitrogens is 1. The van der Waals surface area contributed by atoms with E-state index in [9.17, 15) is 14.0 Å². The minimum absolute atomic E-state index is 0.132. The molecule has 4 aromatic rings. The van der Waals surface area contributed by atoms with Gasteiger partial charge in [-0.05, 0) is 48.5 Å². The fourth-order valence-corrected chi connectivity index (χ4v) is 3.76. The first-order chi connectivity index (χ1) is 15.1. The van der Waals surface area contributed by atoms with Gasteiger partial charge in [0.25, 0.3) is 5.91 Å². The van der Waals surface area contributed by atoms with Crippen LogP contribution in [0.1, 0.15) is 12.0 Å². The van der Waals surface area contributed by atoms with E-state index >= 15 is 0 Å². The average molecular weight is 416 g/mol. The van der Waals surface area contributed by atoms with Crippen molar-refractivity contribution in [2.75, 3.05) is 4.90 Å². The molecule has 1 unspecified atom stereocenters. The number of benzene rings is 3. The summed E-state index contributed by atoms with van der Waals surface area (Å²) in [5.41, 5.74) is 3.64. The van der Waals surface area contributed by atoms with Crippen molar-refractivity contribution in [2.24, 2.45) is 0 Å². The maximum Gasteiger partial charge on any atom is 0.292 e. The molecular formula is C24H19FN3O3+. The number of oxazole rings is 1. The summed E-state index contributed by atoms with van der Waals surface area (Å²) in [5.74, 6) is -0.303. The number of imide groups is 1. The SMILES string of the molecule is O=C1CC([NH2+]Cc2ccc(F)cc2)C(=O)N1c1ccc(-c2nc3ccccc3o2)cc1. The van der Waals surface area contributed by atoms with Gasteiger partial charge in [0.15, 0.2) is 11.6 Å². The molecule has 2 heterocycles. The lowest BCUT2D eigenvalue weighted by atomic mass is 10.2. The Balaban J connectivity index is 1.30. The molecular weight excluding hydrogens is 397 g/mol. The fourth-order valence-electron chi connectivity index (χ4n) is 3.76. The average Bonchev–Trinajstić information content (AvgIpc) is 3.34. The number of nitrogens with zero attached hydrogens (tertiary/aromatic N) is 2. The maximum absolute atomic E-state index is 13.0. The van der Waals surface area contributed by atoms with Gasteiger partial charge in [-0.15, -0.1) is 0 Å². The van der Waals surface area contributed by atoms with E-state index in [4.69, 9.17) is 4.42 Å². The molecule has 1 atom stereocenters. The number of fused-ring (bicyclic) bond motifs is 1. The van der Waals surface area contributed by atoms with E-state index in [0.29, 0.717) is 23.7 Å². The lowest BCUT2D eigenvalue weighted by Gasteiger charge is -2.14. The van der Waals surface area contributed by atoms with Crippen LogP contribution in [-0.2, 0) is 16.1 Å². The molecule has 0 spiro atoms. The Hall–Kier alpha value is -3.84. The van der Waals surface area contributed by atoms with Crippen molar-refractivity contribution in [1.29, 1.82) is 0 Å². The summed E-state index contributed by atoms with van der Waals surface area (Å²) in [6.07, 6.45) is 0.132. The quantitative estimate of drug-likeness (QED) is 0.507. The molecule has 2 N–H and O–H groups in total. The number of anilines is 1. The van der Waals surface area contributed by atoms with Gasteiger partial charge in [-0.3, -0.25) is 9.59 Å². The second-order valence-electron chi connectivity index (χ2n) is 7.48. The van der Waals surface area contributed by atoms with Crippen molar-refractivity contribution in [3.05, 3.63) is 84.2 Å². The Morgan fingerprint density at radius 1 is 1.00 bits per heavy atom. The van der Waals surface area contributed by atoms with E-state index in [1.54, 1.807) is 36.4 Å². The highest BCUT2D eigenvalue weighted by molar-refractivity contribution is 6.21. The Labute approximate surface area is 177 Å². The zero-order chi connectivity index (χ0) is 21.4. The molecule has 0 bridgehead atoms. The maximum atomic E-state index is 13.0. The van der Waals surface area contributed by atoms with Crippen molar-refractivity contribution in [2.45, 2.75) is 19.0 Å². The molecule has 0 saturated carbocycles. The van der Waals surface area contributed by atoms with Gasteiger partial charge in [-0.1, -0.05) is 24.3 Å². The van der Waals surface area contributed by atoms with Crippen LogP contribution in [0.2, 0.25) is 0 Å². The minimum atomic E-state index is -0.491. The van der Waals surface area contributed by atoms with Gasteiger partial charge in [0, 0.05) is 11.1 Å². The number of hydrogen-bond acceptors (Lipinski definition) is 4. The van der Waals surface area contributed by atoms with Crippen LogP contribution in [0.25, 0.3) is 22.6 Å². The predicted molar refractivity (Wildman–Crippen MR) is 112 cm³/mol. The summed E-state index contributed by atoms with van der Waals surface area (Å²) in [6.45, 7) is 0.495. The topological polar surface area (TPSA) is 80.0 Å². The van der Waals surface area contributed by atoms with Gasteiger partial charge in [0.2, 0.25) is 11.8 Å². The number of carbonyl (C=O) groups excluding carboxylic acids is 2. The van der Waals surface area contributed by atoms with Crippen molar-refractivity contribution < 1.29 is 23.7 Å². The van der Waals surface area contributed by atoms with E-state index in [1.807, 2.05) is 29.6 Å². The first-order valence-corrected chi connectivity index (χ1v) is 9.99. The number of halogens is 1. The highest BCUT2D eigenvalue weighted by Gasteiger charge is 2.42. The molecule has 1 aromatic heterocycles. The molecule has 0 aliphatic carbocycles. The standard InChI is InChI=1S/C24H18FN3O3/c25-17-9-5-15(6-10-17)14-26-20-13-22(29)28(24(20)30)18-11-7-16(8-12-18)23-27-19-3-1-2-4-21(19)31-23/h1-12,20,26H,13-14H2/p+1. The first-order valence-electron chi connectivity index (χ1n) is 9.99. The molecule has 1 fully saturated rings. The van der Waals surface area contributed by atoms with Crippen molar-refractivity contribution in [1.82, 2.24) is 4.98 Å². The molecule has 31 heavy (non-hydrogen) atoms. The second kappa shape index (κ2) is 7.77. The number of nitrogens with two attached hydrogens (primary N) is 1. The third-order valence-corrected chi connectivity index (χ3v) is 5.40. The number of amides is 2. The summed E-state index contributed by atoms with van der Waals surface area (Å²) < 4.78 is 18.8. The number of hydrogen-bond donors (Lipinski definition) is 1. The fraction of sp³-hybridized carbons (Fsp3) is 0.125. The predicted octanol–water partition coefficient (Wildman–Crippen LogP) is 3.03. The van der Waals surface area contributed by atoms with Crippen molar-refractivity contribution >= 4 is 28.6 Å². The van der Waals surface area contributed by atoms with E-state index in [1.165, 1.54) is 17.0 Å². The van der Waals surface area contributed by atoms with Gasteiger partial charge < -0.3 is 9.73 Å². The van der Waals surface area contributed by atoms with E-state index < -0.39 is 6.04 Å². The van der Waals surface area contributed by atoms with Gasteiger partial charge >= 0.3 is 0 Å². The zero-order valence-electron chi connectivity index (χ0n) is 16.5. The highest BCUT2D eigenvalue weighted by Crippen LogP contribution is 2.28. The monoisotopic (exact) mass is 416 g/mol. The second-order valence-corrected chi connectivity index (χ2v) is 7.48. The van der Waals surface area contributed by atoms with Gasteiger partial charge in [0.05, 0.1) is 12.1 Å². The summed E-state index contributed by atoms with van der Waals surface area (Å²) in [7, 11) is 0. The van der Waals surface area contributed by atoms with Gasteiger partial charge in [-0.25, -0.2) is 14.3 Å². The molecule has 7 heteroatoms. The van der Waals surface area contributed by atoms with Crippen molar-refractivity contribution in [3.63, 3.8) is 0 Å². The Morgan fingerprint density at radius 3 is 2.48 bits per heavy atom. The number of quaternary nitrogens is 1. The molecule has 1 saturated heterocycles. The smallest absolute Gasteiger partial charge is 0.292 e. The largest absolute Gasteiger partial charge is 0.436 e. The Morgan fingerprint density at radius 2 is 1.74 bits per heavy atom. The van der Waals surface area contributed by atoms with E-state index in [-0.39, 0.29) is 24.1 Å². The highest BCUT2D eigenvalue weighted by atomic mass is 19.1. The van der Waals surface area contributed by atoms with Crippen LogP contribution in [0.3, 0.4) is 0 Å². The van der Waals surface area contributed by atoms with Crippen LogP contribution in [0, 0.1) is 5.82 Å². The molecule has 154 valence electrons. The number of para-hydroxylation sites is 2. The molecule has 3 aromatic carbocycles. The van der Waals surface area contributed by atoms with Crippen LogP contribution >= 0.6 is 0 Å². The Bertz CT molecular complexity index is 1230. The van der Waals surface area contributed by atoms with Gasteiger partial charge in [0.1, 0.15) is 17.9 Å². The lowest BCUT2D eigenvalue weighted by molar-refractivity contribution is -0.690. The van der Waals surface area contributed by atoms with E-state index in [0.717, 1.165) is 16.6 Å². The van der Waals surface area contributed by atoms with Crippen LogP contribution in [0.5, 0.6) is 0 Å². The molecule has 5 rings (SSSR count). The van der Waals surface area contributed by atoms with Crippen LogP contribution < -0.4 is 10.2 Å². The molecule has 1 aliphatic rings. The minimum Gasteiger partial charge on any atom is -0.436 e. The number of rotatable bonds is 5. The lowest BCUT2D eigenvalue weighted by Crippen LogP contribution is -2.90. The summed E-state index contributed by atoms with van der Waals surface area (Å²) >= 11 is 0. The van der Waals surface area contributed by atoms with Crippen molar-refractivity contribution in [3.8, 4) is 11.5 Å². The van der Waals surface area contributed by atoms with Crippen LogP contribution in [0.15, 0.2) is 77.2 Å². The summed E-state index contributed by atoms with van der Waals surface area (Å²) in [5, 5.41) is 1.82. The normalized spacial score (nSPS) is 16.4. The first kappa shape index (κ1) is 19.1. The summed E-state index contributed by atoms with van der Waals surface area (Å²) in [4.78, 5) is 31.1. The summed E-state index contributed by atoms with van der Waals surface area (Å²) in [6, 6.07) is 20.2. The molecule has 2 amide bonds.